The summed E-state index contributed by atoms with van der Waals surface area (Å²) in [5.41, 5.74) is 5.57. The van der Waals surface area contributed by atoms with E-state index in [0.29, 0.717) is 6.07 Å². The largest absolute Gasteiger partial charge is 0.494 e. The van der Waals surface area contributed by atoms with E-state index in [1.807, 2.05) is 0 Å². The summed E-state index contributed by atoms with van der Waals surface area (Å²) in [5, 5.41) is 0. The lowest BCUT2D eigenvalue weighted by Gasteiger charge is -2.40. The number of fused-ring (bicyclic) bond motifs is 1. The molecule has 21 heavy (non-hydrogen) atoms. The molecule has 0 bridgehead atoms. The molecule has 2 atom stereocenters. The van der Waals surface area contributed by atoms with Gasteiger partial charge in [0.05, 0.1) is 7.11 Å². The normalized spacial score (nSPS) is 29.0. The van der Waals surface area contributed by atoms with E-state index >= 15 is 0 Å². The Morgan fingerprint density at radius 1 is 1.38 bits per heavy atom. The number of rotatable bonds is 3. The first-order chi connectivity index (χ1) is 9.78. The molecule has 2 aliphatic rings. The van der Waals surface area contributed by atoms with Crippen LogP contribution in [-0.4, -0.2) is 38.5 Å². The first kappa shape index (κ1) is 14.7. The van der Waals surface area contributed by atoms with Crippen LogP contribution in [0.1, 0.15) is 12.8 Å². The van der Waals surface area contributed by atoms with Crippen LogP contribution in [-0.2, 0) is 10.0 Å². The van der Waals surface area contributed by atoms with Gasteiger partial charge in [0, 0.05) is 30.8 Å². The zero-order chi connectivity index (χ0) is 15.4. The Labute approximate surface area is 121 Å². The fourth-order valence-corrected chi connectivity index (χ4v) is 4.65. The minimum absolute atomic E-state index is 0.0958. The molecule has 8 heteroatoms. The van der Waals surface area contributed by atoms with Crippen LogP contribution in [0.3, 0.4) is 0 Å². The fourth-order valence-electron chi connectivity index (χ4n) is 3.03. The van der Waals surface area contributed by atoms with Crippen molar-refractivity contribution in [2.45, 2.75) is 23.3 Å². The van der Waals surface area contributed by atoms with Crippen LogP contribution in [0.25, 0.3) is 0 Å². The van der Waals surface area contributed by atoms with E-state index in [1.165, 1.54) is 7.11 Å². The first-order valence-corrected chi connectivity index (χ1v) is 8.04. The quantitative estimate of drug-likeness (QED) is 0.905. The molecule has 0 aromatic heterocycles. The summed E-state index contributed by atoms with van der Waals surface area (Å²) in [5.74, 6) is -2.18. The van der Waals surface area contributed by atoms with E-state index in [4.69, 9.17) is 5.73 Å². The third-order valence-electron chi connectivity index (χ3n) is 4.49. The highest BCUT2D eigenvalue weighted by Crippen LogP contribution is 2.44. The average Bonchev–Trinajstić information content (AvgIpc) is 2.65. The summed E-state index contributed by atoms with van der Waals surface area (Å²) in [4.78, 5) is -0.675. The van der Waals surface area contributed by atoms with Gasteiger partial charge in [0.2, 0.25) is 10.0 Å². The lowest BCUT2D eigenvalue weighted by atomic mass is 9.70. The van der Waals surface area contributed by atoms with Gasteiger partial charge in [-0.3, -0.25) is 0 Å². The van der Waals surface area contributed by atoms with Crippen molar-refractivity contribution in [3.63, 3.8) is 0 Å². The van der Waals surface area contributed by atoms with Gasteiger partial charge in [-0.15, -0.1) is 0 Å². The van der Waals surface area contributed by atoms with Gasteiger partial charge < -0.3 is 10.5 Å². The van der Waals surface area contributed by atoms with Gasteiger partial charge in [-0.2, -0.15) is 4.31 Å². The molecule has 1 aromatic rings. The number of halogens is 2. The molecule has 0 amide bonds. The summed E-state index contributed by atoms with van der Waals surface area (Å²) in [6, 6.07) is 1.40. The minimum Gasteiger partial charge on any atom is -0.494 e. The van der Waals surface area contributed by atoms with Gasteiger partial charge in [0.15, 0.2) is 11.6 Å². The zero-order valence-electron chi connectivity index (χ0n) is 11.5. The van der Waals surface area contributed by atoms with E-state index in [9.17, 15) is 17.2 Å². The van der Waals surface area contributed by atoms with Crippen LogP contribution in [0.15, 0.2) is 17.0 Å². The van der Waals surface area contributed by atoms with Crippen LogP contribution in [0.4, 0.5) is 8.78 Å². The summed E-state index contributed by atoms with van der Waals surface area (Å²) in [7, 11) is -2.92. The summed E-state index contributed by atoms with van der Waals surface area (Å²) in [6.07, 6.45) is 1.62. The molecule has 2 fully saturated rings. The molecule has 0 spiro atoms. The van der Waals surface area contributed by atoms with Crippen molar-refractivity contribution in [3.8, 4) is 5.75 Å². The van der Waals surface area contributed by atoms with Crippen LogP contribution in [0.2, 0.25) is 0 Å². The van der Waals surface area contributed by atoms with E-state index in [1.54, 1.807) is 0 Å². The number of hydrogen-bond acceptors (Lipinski definition) is 4. The number of hydrogen-bond donors (Lipinski definition) is 1. The molecule has 2 N–H and O–H groups in total. The van der Waals surface area contributed by atoms with Crippen LogP contribution in [0.5, 0.6) is 5.75 Å². The molecular formula is C13H16F2N2O3S. The van der Waals surface area contributed by atoms with Gasteiger partial charge in [-0.05, 0) is 18.8 Å². The van der Waals surface area contributed by atoms with Crippen molar-refractivity contribution in [1.29, 1.82) is 0 Å². The minimum atomic E-state index is -4.10. The van der Waals surface area contributed by atoms with Crippen LogP contribution in [0, 0.1) is 17.6 Å². The maximum absolute atomic E-state index is 14.0. The monoisotopic (exact) mass is 318 g/mol. The Morgan fingerprint density at radius 2 is 2.10 bits per heavy atom. The molecule has 3 rings (SSSR count). The van der Waals surface area contributed by atoms with Crippen molar-refractivity contribution >= 4 is 10.0 Å². The molecule has 1 heterocycles. The van der Waals surface area contributed by atoms with Crippen molar-refractivity contribution in [3.05, 3.63) is 23.8 Å². The molecular weight excluding hydrogens is 302 g/mol. The Morgan fingerprint density at radius 3 is 2.57 bits per heavy atom. The number of methoxy groups -OCH3 is 1. The highest BCUT2D eigenvalue weighted by Gasteiger charge is 2.53. The Kier molecular flexibility index (Phi) is 3.23. The maximum atomic E-state index is 14.0. The van der Waals surface area contributed by atoms with Gasteiger partial charge in [0.1, 0.15) is 10.7 Å². The highest BCUT2D eigenvalue weighted by molar-refractivity contribution is 7.89. The van der Waals surface area contributed by atoms with E-state index < -0.39 is 32.1 Å². The first-order valence-electron chi connectivity index (χ1n) is 6.60. The van der Waals surface area contributed by atoms with Crippen molar-refractivity contribution in [1.82, 2.24) is 4.31 Å². The second-order valence-corrected chi connectivity index (χ2v) is 7.59. The SMILES string of the molecule is COc1cc(F)c(S(=O)(=O)N2C[C@@H]3CC[C@]3(N)C2)cc1F. The molecule has 1 aliphatic heterocycles. The summed E-state index contributed by atoms with van der Waals surface area (Å²) >= 11 is 0. The lowest BCUT2D eigenvalue weighted by molar-refractivity contribution is 0.189. The van der Waals surface area contributed by atoms with Crippen LogP contribution >= 0.6 is 0 Å². The zero-order valence-corrected chi connectivity index (χ0v) is 12.3. The van der Waals surface area contributed by atoms with Crippen molar-refractivity contribution < 1.29 is 21.9 Å². The molecule has 1 saturated carbocycles. The lowest BCUT2D eigenvalue weighted by Crippen LogP contribution is -2.54. The number of ether oxygens (including phenoxy) is 1. The maximum Gasteiger partial charge on any atom is 0.246 e. The number of benzene rings is 1. The molecule has 1 saturated heterocycles. The summed E-state index contributed by atoms with van der Waals surface area (Å²) in [6.45, 7) is 0.402. The standard InChI is InChI=1S/C13H16F2N2O3S/c1-20-11-4-10(15)12(5-9(11)14)21(18,19)17-6-8-2-3-13(8,16)7-17/h4-5,8H,2-3,6-7,16H2,1H3/t8-,13-/m0/s1. The molecule has 1 aliphatic carbocycles. The smallest absolute Gasteiger partial charge is 0.246 e. The van der Waals surface area contributed by atoms with Crippen molar-refractivity contribution in [2.24, 2.45) is 11.7 Å². The van der Waals surface area contributed by atoms with Gasteiger partial charge >= 0.3 is 0 Å². The van der Waals surface area contributed by atoms with E-state index in [-0.39, 0.29) is 24.8 Å². The van der Waals surface area contributed by atoms with Crippen LogP contribution < -0.4 is 10.5 Å². The van der Waals surface area contributed by atoms with Gasteiger partial charge in [-0.1, -0.05) is 0 Å². The number of sulfonamides is 1. The van der Waals surface area contributed by atoms with E-state index in [0.717, 1.165) is 23.2 Å². The molecule has 0 unspecified atom stereocenters. The third-order valence-corrected chi connectivity index (χ3v) is 6.32. The predicted octanol–water partition coefficient (Wildman–Crippen LogP) is 1.09. The Bertz CT molecular complexity index is 695. The van der Waals surface area contributed by atoms with Gasteiger partial charge in [0.25, 0.3) is 0 Å². The fraction of sp³-hybridized carbons (Fsp3) is 0.538. The number of nitrogens with two attached hydrogens (primary N) is 1. The Balaban J connectivity index is 1.98. The Hall–Kier alpha value is -1.25. The summed E-state index contributed by atoms with van der Waals surface area (Å²) < 4.78 is 58.4. The predicted molar refractivity (Wildman–Crippen MR) is 71.3 cm³/mol. The third kappa shape index (κ3) is 2.13. The van der Waals surface area contributed by atoms with Crippen molar-refractivity contribution in [2.75, 3.05) is 20.2 Å². The molecule has 1 aromatic carbocycles. The number of nitrogens with zero attached hydrogens (tertiary/aromatic N) is 1. The van der Waals surface area contributed by atoms with E-state index in [2.05, 4.69) is 4.74 Å². The highest BCUT2D eigenvalue weighted by atomic mass is 32.2. The molecule has 0 radical (unpaired) electrons. The second-order valence-electron chi connectivity index (χ2n) is 5.68. The van der Waals surface area contributed by atoms with Gasteiger partial charge in [-0.25, -0.2) is 17.2 Å². The molecule has 5 nitrogen and oxygen atoms in total. The molecule has 116 valence electrons. The topological polar surface area (TPSA) is 72.6 Å². The second kappa shape index (κ2) is 4.62. The average molecular weight is 318 g/mol.